The number of hydrazone groups is 1. The van der Waals surface area contributed by atoms with E-state index in [1.54, 1.807) is 60.8 Å². The monoisotopic (exact) mass is 413 g/mol. The molecule has 0 aliphatic heterocycles. The standard InChI is InChI=1S/C20H19N3O3S2/c1-15-12-13-27-19(15)14-21-22-20(24)16-8-10-17(11-9-16)23(2)28(25,26)18-6-4-3-5-7-18/h3-14H,1-2H3,(H,22,24)/b21-14-. The van der Waals surface area contributed by atoms with Gasteiger partial charge in [-0.2, -0.15) is 5.10 Å². The number of amides is 1. The highest BCUT2D eigenvalue weighted by molar-refractivity contribution is 7.92. The zero-order valence-electron chi connectivity index (χ0n) is 15.4. The van der Waals surface area contributed by atoms with Gasteiger partial charge in [0, 0.05) is 17.5 Å². The summed E-state index contributed by atoms with van der Waals surface area (Å²) in [5.41, 5.74) is 4.41. The summed E-state index contributed by atoms with van der Waals surface area (Å²) in [7, 11) is -2.18. The zero-order chi connectivity index (χ0) is 20.1. The highest BCUT2D eigenvalue weighted by atomic mass is 32.2. The first-order valence-electron chi connectivity index (χ1n) is 8.41. The maximum absolute atomic E-state index is 12.7. The smallest absolute Gasteiger partial charge is 0.269 e. The Labute approximate surface area is 168 Å². The minimum atomic E-state index is -3.66. The van der Waals surface area contributed by atoms with Gasteiger partial charge in [-0.3, -0.25) is 9.10 Å². The predicted molar refractivity (Wildman–Crippen MR) is 113 cm³/mol. The summed E-state index contributed by atoms with van der Waals surface area (Å²) >= 11 is 1.54. The molecule has 0 radical (unpaired) electrons. The van der Waals surface area contributed by atoms with E-state index in [9.17, 15) is 13.2 Å². The number of thiophene rings is 1. The Morgan fingerprint density at radius 2 is 1.75 bits per heavy atom. The van der Waals surface area contributed by atoms with Crippen LogP contribution in [0.1, 0.15) is 20.8 Å². The Hall–Kier alpha value is -2.97. The maximum atomic E-state index is 12.7. The van der Waals surface area contributed by atoms with Gasteiger partial charge >= 0.3 is 0 Å². The lowest BCUT2D eigenvalue weighted by Gasteiger charge is -2.19. The van der Waals surface area contributed by atoms with Crippen molar-refractivity contribution in [3.05, 3.63) is 82.0 Å². The highest BCUT2D eigenvalue weighted by Crippen LogP contribution is 2.22. The molecule has 2 aromatic carbocycles. The SMILES string of the molecule is Cc1ccsc1/C=N\NC(=O)c1ccc(N(C)S(=O)(=O)c2ccccc2)cc1. The van der Waals surface area contributed by atoms with Gasteiger partial charge in [-0.1, -0.05) is 18.2 Å². The summed E-state index contributed by atoms with van der Waals surface area (Å²) in [6.07, 6.45) is 1.60. The van der Waals surface area contributed by atoms with Gasteiger partial charge in [0.1, 0.15) is 0 Å². The first kappa shape index (κ1) is 19.8. The molecule has 1 heterocycles. The van der Waals surface area contributed by atoms with Gasteiger partial charge in [0.25, 0.3) is 15.9 Å². The van der Waals surface area contributed by atoms with Crippen molar-refractivity contribution in [2.24, 2.45) is 5.10 Å². The fraction of sp³-hybridized carbons (Fsp3) is 0.100. The van der Waals surface area contributed by atoms with Gasteiger partial charge in [0.05, 0.1) is 16.8 Å². The van der Waals surface area contributed by atoms with Gasteiger partial charge in [-0.05, 0) is 60.3 Å². The molecular weight excluding hydrogens is 394 g/mol. The number of hydrogen-bond donors (Lipinski definition) is 1. The molecule has 0 aliphatic rings. The number of nitrogens with one attached hydrogen (secondary N) is 1. The molecule has 1 N–H and O–H groups in total. The quantitative estimate of drug-likeness (QED) is 0.495. The van der Waals surface area contributed by atoms with Crippen LogP contribution in [-0.2, 0) is 10.0 Å². The van der Waals surface area contributed by atoms with Gasteiger partial charge in [0.2, 0.25) is 0 Å². The molecule has 8 heteroatoms. The van der Waals surface area contributed by atoms with E-state index < -0.39 is 10.0 Å². The van der Waals surface area contributed by atoms with E-state index in [-0.39, 0.29) is 10.8 Å². The molecule has 1 amide bonds. The normalized spacial score (nSPS) is 11.5. The number of anilines is 1. The van der Waals surface area contributed by atoms with Crippen molar-refractivity contribution >= 4 is 39.2 Å². The molecule has 0 unspecified atom stereocenters. The van der Waals surface area contributed by atoms with E-state index in [0.29, 0.717) is 11.3 Å². The number of aryl methyl sites for hydroxylation is 1. The van der Waals surface area contributed by atoms with Crippen molar-refractivity contribution in [2.75, 3.05) is 11.4 Å². The van der Waals surface area contributed by atoms with Gasteiger partial charge in [0.15, 0.2) is 0 Å². The van der Waals surface area contributed by atoms with Crippen molar-refractivity contribution in [2.45, 2.75) is 11.8 Å². The summed E-state index contributed by atoms with van der Waals surface area (Å²) in [5.74, 6) is -0.370. The average molecular weight is 414 g/mol. The van der Waals surface area contributed by atoms with E-state index in [0.717, 1.165) is 10.4 Å². The Morgan fingerprint density at radius 1 is 1.07 bits per heavy atom. The summed E-state index contributed by atoms with van der Waals surface area (Å²) in [6.45, 7) is 1.97. The summed E-state index contributed by atoms with van der Waals surface area (Å²) < 4.78 is 26.5. The maximum Gasteiger partial charge on any atom is 0.271 e. The summed E-state index contributed by atoms with van der Waals surface area (Å²) in [6, 6.07) is 16.5. The first-order chi connectivity index (χ1) is 13.4. The molecule has 0 saturated heterocycles. The third-order valence-corrected chi connectivity index (χ3v) is 6.90. The average Bonchev–Trinajstić information content (AvgIpc) is 3.13. The fourth-order valence-electron chi connectivity index (χ4n) is 2.44. The number of hydrogen-bond acceptors (Lipinski definition) is 5. The van der Waals surface area contributed by atoms with Crippen LogP contribution in [0.3, 0.4) is 0 Å². The van der Waals surface area contributed by atoms with Gasteiger partial charge in [-0.15, -0.1) is 11.3 Å². The van der Waals surface area contributed by atoms with Crippen LogP contribution >= 0.6 is 11.3 Å². The van der Waals surface area contributed by atoms with Crippen LogP contribution in [-0.4, -0.2) is 27.6 Å². The minimum Gasteiger partial charge on any atom is -0.269 e. The molecule has 3 aromatic rings. The fourth-order valence-corrected chi connectivity index (χ4v) is 4.45. The number of carbonyl (C=O) groups excluding carboxylic acids is 1. The number of rotatable bonds is 6. The number of nitrogens with zero attached hydrogens (tertiary/aromatic N) is 2. The molecule has 3 rings (SSSR count). The molecule has 0 fully saturated rings. The third-order valence-electron chi connectivity index (χ3n) is 4.14. The first-order valence-corrected chi connectivity index (χ1v) is 10.7. The van der Waals surface area contributed by atoms with E-state index >= 15 is 0 Å². The lowest BCUT2D eigenvalue weighted by Crippen LogP contribution is -2.26. The predicted octanol–water partition coefficient (Wildman–Crippen LogP) is 3.65. The highest BCUT2D eigenvalue weighted by Gasteiger charge is 2.21. The van der Waals surface area contributed by atoms with Crippen LogP contribution in [0.5, 0.6) is 0 Å². The molecule has 0 bridgehead atoms. The van der Waals surface area contributed by atoms with E-state index in [1.807, 2.05) is 18.4 Å². The van der Waals surface area contributed by atoms with Crippen LogP contribution in [0, 0.1) is 6.92 Å². The van der Waals surface area contributed by atoms with Crippen molar-refractivity contribution in [3.63, 3.8) is 0 Å². The van der Waals surface area contributed by atoms with Crippen LogP contribution in [0.15, 0.2) is 76.0 Å². The Morgan fingerprint density at radius 3 is 2.36 bits per heavy atom. The van der Waals surface area contributed by atoms with E-state index in [1.165, 1.54) is 22.7 Å². The summed E-state index contributed by atoms with van der Waals surface area (Å²) in [5, 5.41) is 5.92. The minimum absolute atomic E-state index is 0.206. The molecule has 6 nitrogen and oxygen atoms in total. The molecule has 28 heavy (non-hydrogen) atoms. The van der Waals surface area contributed by atoms with E-state index in [2.05, 4.69) is 10.5 Å². The molecule has 0 saturated carbocycles. The number of sulfonamides is 1. The molecule has 0 spiro atoms. The lowest BCUT2D eigenvalue weighted by molar-refractivity contribution is 0.0955. The zero-order valence-corrected chi connectivity index (χ0v) is 17.0. The van der Waals surface area contributed by atoms with Gasteiger partial charge < -0.3 is 0 Å². The Balaban J connectivity index is 1.70. The van der Waals surface area contributed by atoms with Crippen LogP contribution in [0.2, 0.25) is 0 Å². The lowest BCUT2D eigenvalue weighted by atomic mass is 10.2. The van der Waals surface area contributed by atoms with Crippen molar-refractivity contribution in [1.82, 2.24) is 5.43 Å². The summed E-state index contributed by atoms with van der Waals surface area (Å²) in [4.78, 5) is 13.4. The second-order valence-electron chi connectivity index (χ2n) is 6.00. The van der Waals surface area contributed by atoms with Crippen molar-refractivity contribution < 1.29 is 13.2 Å². The van der Waals surface area contributed by atoms with Crippen molar-refractivity contribution in [1.29, 1.82) is 0 Å². The largest absolute Gasteiger partial charge is 0.271 e. The number of carbonyl (C=O) groups is 1. The van der Waals surface area contributed by atoms with Crippen LogP contribution in [0.25, 0.3) is 0 Å². The van der Waals surface area contributed by atoms with Gasteiger partial charge in [-0.25, -0.2) is 13.8 Å². The second kappa shape index (κ2) is 8.37. The third kappa shape index (κ3) is 4.29. The topological polar surface area (TPSA) is 78.8 Å². The molecule has 144 valence electrons. The Bertz CT molecular complexity index is 1090. The number of benzene rings is 2. The molecular formula is C20H19N3O3S2. The van der Waals surface area contributed by atoms with Crippen LogP contribution in [0.4, 0.5) is 5.69 Å². The van der Waals surface area contributed by atoms with Crippen LogP contribution < -0.4 is 9.73 Å². The van der Waals surface area contributed by atoms with Crippen molar-refractivity contribution in [3.8, 4) is 0 Å². The second-order valence-corrected chi connectivity index (χ2v) is 8.92. The molecule has 0 aliphatic carbocycles. The molecule has 0 atom stereocenters. The van der Waals surface area contributed by atoms with E-state index in [4.69, 9.17) is 0 Å². The molecule has 1 aromatic heterocycles. The Kier molecular flexibility index (Phi) is 5.91.